The molecule has 1 aliphatic rings. The predicted molar refractivity (Wildman–Crippen MR) is 80.3 cm³/mol. The van der Waals surface area contributed by atoms with Gasteiger partial charge in [0.1, 0.15) is 0 Å². The van der Waals surface area contributed by atoms with Crippen molar-refractivity contribution in [3.63, 3.8) is 0 Å². The van der Waals surface area contributed by atoms with Crippen LogP contribution in [0.25, 0.3) is 11.0 Å². The zero-order valence-corrected chi connectivity index (χ0v) is 11.4. The van der Waals surface area contributed by atoms with Crippen molar-refractivity contribution < 1.29 is 0 Å². The fraction of sp³-hybridized carbons (Fsp3) is 0.267. The first kappa shape index (κ1) is 12.1. The maximum absolute atomic E-state index is 11.6. The molecule has 21 heavy (non-hydrogen) atoms. The summed E-state index contributed by atoms with van der Waals surface area (Å²) in [6, 6.07) is 11.2. The zero-order chi connectivity index (χ0) is 14.2. The van der Waals surface area contributed by atoms with Crippen LogP contribution in [0.4, 0.5) is 5.95 Å². The number of benzene rings is 1. The first-order valence-corrected chi connectivity index (χ1v) is 7.01. The Bertz CT molecular complexity index is 798. The molecule has 2 aromatic heterocycles. The number of nitrogens with one attached hydrogen (secondary N) is 1. The van der Waals surface area contributed by atoms with Crippen LogP contribution in [0.3, 0.4) is 0 Å². The molecule has 1 fully saturated rings. The minimum atomic E-state index is -0.0420. The van der Waals surface area contributed by atoms with E-state index in [0.717, 1.165) is 30.1 Å². The molecule has 1 aromatic carbocycles. The van der Waals surface area contributed by atoms with Gasteiger partial charge in [0.25, 0.3) is 5.56 Å². The maximum Gasteiger partial charge on any atom is 0.266 e. The Balaban J connectivity index is 1.45. The lowest BCUT2D eigenvalue weighted by Crippen LogP contribution is -2.50. The summed E-state index contributed by atoms with van der Waals surface area (Å²) in [5.41, 5.74) is 1.99. The molecule has 1 aliphatic heterocycles. The van der Waals surface area contributed by atoms with E-state index in [1.165, 1.54) is 4.68 Å². The summed E-state index contributed by atoms with van der Waals surface area (Å²) in [4.78, 5) is 21.7. The highest BCUT2D eigenvalue weighted by Crippen LogP contribution is 2.24. The molecule has 1 saturated heterocycles. The van der Waals surface area contributed by atoms with Crippen molar-refractivity contribution in [2.75, 3.05) is 18.0 Å². The molecular weight excluding hydrogens is 266 g/mol. The molecule has 4 rings (SSSR count). The standard InChI is InChI=1S/C15H15N5O/c21-14-6-3-7-16-20(14)10-11-8-19(9-11)15-17-12-4-1-2-5-13(12)18-15/h1-7,11H,8-10H2,(H,17,18). The van der Waals surface area contributed by atoms with E-state index < -0.39 is 0 Å². The van der Waals surface area contributed by atoms with Gasteiger partial charge in [-0.2, -0.15) is 5.10 Å². The number of rotatable bonds is 3. The van der Waals surface area contributed by atoms with Gasteiger partial charge in [0.2, 0.25) is 5.95 Å². The molecule has 1 N–H and O–H groups in total. The molecule has 0 atom stereocenters. The summed E-state index contributed by atoms with van der Waals surface area (Å²) in [7, 11) is 0. The van der Waals surface area contributed by atoms with E-state index >= 15 is 0 Å². The molecule has 0 aliphatic carbocycles. The number of H-pyrrole nitrogens is 1. The van der Waals surface area contributed by atoms with Crippen molar-refractivity contribution in [3.05, 3.63) is 52.9 Å². The number of para-hydroxylation sites is 2. The number of imidazole rings is 1. The second kappa shape index (κ2) is 4.73. The van der Waals surface area contributed by atoms with E-state index in [1.54, 1.807) is 18.3 Å². The van der Waals surface area contributed by atoms with Crippen LogP contribution in [-0.4, -0.2) is 32.8 Å². The smallest absolute Gasteiger partial charge is 0.266 e. The minimum Gasteiger partial charge on any atom is -0.342 e. The summed E-state index contributed by atoms with van der Waals surface area (Å²) < 4.78 is 1.53. The molecule has 0 amide bonds. The van der Waals surface area contributed by atoms with Gasteiger partial charge in [0.05, 0.1) is 17.6 Å². The quantitative estimate of drug-likeness (QED) is 0.784. The van der Waals surface area contributed by atoms with Gasteiger partial charge in [0, 0.05) is 31.3 Å². The lowest BCUT2D eigenvalue weighted by molar-refractivity contribution is 0.331. The number of nitrogens with zero attached hydrogens (tertiary/aromatic N) is 4. The minimum absolute atomic E-state index is 0.0420. The van der Waals surface area contributed by atoms with E-state index in [0.29, 0.717) is 12.5 Å². The second-order valence-corrected chi connectivity index (χ2v) is 5.39. The van der Waals surface area contributed by atoms with Gasteiger partial charge in [-0.15, -0.1) is 0 Å². The Hall–Kier alpha value is -2.63. The van der Waals surface area contributed by atoms with Crippen LogP contribution >= 0.6 is 0 Å². The molecule has 6 nitrogen and oxygen atoms in total. The van der Waals surface area contributed by atoms with Crippen molar-refractivity contribution in [1.82, 2.24) is 19.7 Å². The molecule has 3 aromatic rings. The normalized spacial score (nSPS) is 15.3. The predicted octanol–water partition coefficient (Wildman–Crippen LogP) is 1.26. The van der Waals surface area contributed by atoms with Gasteiger partial charge < -0.3 is 9.88 Å². The Morgan fingerprint density at radius 3 is 2.86 bits per heavy atom. The summed E-state index contributed by atoms with van der Waals surface area (Å²) >= 11 is 0. The number of aromatic amines is 1. The van der Waals surface area contributed by atoms with Crippen molar-refractivity contribution in [3.8, 4) is 0 Å². The molecule has 0 bridgehead atoms. The van der Waals surface area contributed by atoms with Crippen LogP contribution < -0.4 is 10.5 Å². The Labute approximate surface area is 121 Å². The summed E-state index contributed by atoms with van der Waals surface area (Å²) in [6.45, 7) is 2.45. The lowest BCUT2D eigenvalue weighted by atomic mass is 10.0. The van der Waals surface area contributed by atoms with Crippen LogP contribution in [0.2, 0.25) is 0 Å². The fourth-order valence-corrected chi connectivity index (χ4v) is 2.72. The molecule has 0 saturated carbocycles. The van der Waals surface area contributed by atoms with Crippen molar-refractivity contribution in [1.29, 1.82) is 0 Å². The Morgan fingerprint density at radius 1 is 1.19 bits per heavy atom. The van der Waals surface area contributed by atoms with Crippen molar-refractivity contribution >= 4 is 17.0 Å². The van der Waals surface area contributed by atoms with E-state index in [9.17, 15) is 4.79 Å². The average molecular weight is 281 g/mol. The Kier molecular flexibility index (Phi) is 2.73. The monoisotopic (exact) mass is 281 g/mol. The largest absolute Gasteiger partial charge is 0.342 e. The van der Waals surface area contributed by atoms with Gasteiger partial charge in [-0.3, -0.25) is 4.79 Å². The van der Waals surface area contributed by atoms with Crippen LogP contribution in [0.5, 0.6) is 0 Å². The molecule has 0 spiro atoms. The number of anilines is 1. The second-order valence-electron chi connectivity index (χ2n) is 5.39. The lowest BCUT2D eigenvalue weighted by Gasteiger charge is -2.38. The van der Waals surface area contributed by atoms with Crippen LogP contribution in [0.15, 0.2) is 47.4 Å². The van der Waals surface area contributed by atoms with Crippen LogP contribution in [0.1, 0.15) is 0 Å². The van der Waals surface area contributed by atoms with Gasteiger partial charge >= 0.3 is 0 Å². The Morgan fingerprint density at radius 2 is 2.05 bits per heavy atom. The van der Waals surface area contributed by atoms with Crippen molar-refractivity contribution in [2.45, 2.75) is 6.54 Å². The first-order valence-electron chi connectivity index (χ1n) is 7.01. The number of fused-ring (bicyclic) bond motifs is 1. The molecular formula is C15H15N5O. The van der Waals surface area contributed by atoms with E-state index in [-0.39, 0.29) is 5.56 Å². The first-order chi connectivity index (χ1) is 10.3. The SMILES string of the molecule is O=c1cccnn1CC1CN(c2nc3ccccc3[nH]2)C1. The third kappa shape index (κ3) is 2.18. The summed E-state index contributed by atoms with van der Waals surface area (Å²) in [6.07, 6.45) is 1.65. The zero-order valence-electron chi connectivity index (χ0n) is 11.4. The highest BCUT2D eigenvalue weighted by Gasteiger charge is 2.29. The number of hydrogen-bond acceptors (Lipinski definition) is 4. The van der Waals surface area contributed by atoms with Gasteiger partial charge in [-0.25, -0.2) is 9.67 Å². The van der Waals surface area contributed by atoms with E-state index in [1.807, 2.05) is 24.3 Å². The molecule has 3 heterocycles. The molecule has 6 heteroatoms. The third-order valence-corrected chi connectivity index (χ3v) is 3.85. The van der Waals surface area contributed by atoms with Crippen molar-refractivity contribution in [2.24, 2.45) is 5.92 Å². The highest BCUT2D eigenvalue weighted by atomic mass is 16.1. The number of hydrogen-bond donors (Lipinski definition) is 1. The fourth-order valence-electron chi connectivity index (χ4n) is 2.72. The van der Waals surface area contributed by atoms with Gasteiger partial charge in [-0.1, -0.05) is 12.1 Å². The topological polar surface area (TPSA) is 66.8 Å². The molecule has 0 unspecified atom stereocenters. The van der Waals surface area contributed by atoms with E-state index in [2.05, 4.69) is 20.0 Å². The third-order valence-electron chi connectivity index (χ3n) is 3.85. The van der Waals surface area contributed by atoms with Crippen LogP contribution in [-0.2, 0) is 6.54 Å². The molecule has 106 valence electrons. The summed E-state index contributed by atoms with van der Waals surface area (Å²) in [5.74, 6) is 1.34. The highest BCUT2D eigenvalue weighted by molar-refractivity contribution is 5.77. The van der Waals surface area contributed by atoms with E-state index in [4.69, 9.17) is 0 Å². The number of aromatic nitrogens is 4. The van der Waals surface area contributed by atoms with Gasteiger partial charge in [-0.05, 0) is 18.2 Å². The average Bonchev–Trinajstić information content (AvgIpc) is 2.87. The maximum atomic E-state index is 11.6. The van der Waals surface area contributed by atoms with Crippen LogP contribution in [0, 0.1) is 5.92 Å². The molecule has 0 radical (unpaired) electrons. The van der Waals surface area contributed by atoms with Gasteiger partial charge in [0.15, 0.2) is 0 Å². The summed E-state index contributed by atoms with van der Waals surface area (Å²) in [5, 5.41) is 4.09.